The molecule has 0 aliphatic heterocycles. The summed E-state index contributed by atoms with van der Waals surface area (Å²) in [6.07, 6.45) is 0. The second kappa shape index (κ2) is 4.19. The highest BCUT2D eigenvalue weighted by atomic mass is 16.1. The van der Waals surface area contributed by atoms with Crippen molar-refractivity contribution in [3.05, 3.63) is 40.3 Å². The minimum Gasteiger partial charge on any atom is -0.278 e. The topological polar surface area (TPSA) is 50.7 Å². The third-order valence-electron chi connectivity index (χ3n) is 3.16. The zero-order valence-electron chi connectivity index (χ0n) is 10.8. The maximum atomic E-state index is 12.3. The molecule has 0 aliphatic rings. The predicted octanol–water partition coefficient (Wildman–Crippen LogP) is 2.43. The highest BCUT2D eigenvalue weighted by Gasteiger charge is 2.14. The first-order chi connectivity index (χ1) is 8.47. The molecule has 1 aromatic heterocycles. The van der Waals surface area contributed by atoms with E-state index in [0.29, 0.717) is 5.70 Å². The quantitative estimate of drug-likeness (QED) is 0.810. The average molecular weight is 241 g/mol. The monoisotopic (exact) mass is 241 g/mol. The number of aromatic nitrogens is 2. The van der Waals surface area contributed by atoms with E-state index < -0.39 is 0 Å². The summed E-state index contributed by atoms with van der Waals surface area (Å²) >= 11 is 0. The van der Waals surface area contributed by atoms with E-state index in [1.807, 2.05) is 32.0 Å². The molecule has 0 atom stereocenters. The fourth-order valence-electron chi connectivity index (χ4n) is 2.10. The first kappa shape index (κ1) is 12.2. The van der Waals surface area contributed by atoms with Gasteiger partial charge >= 0.3 is 5.69 Å². The minimum atomic E-state index is -0.205. The molecule has 0 unspecified atom stereocenters. The number of hydrogen-bond acceptors (Lipinski definition) is 2. The Morgan fingerprint density at radius 3 is 2.39 bits per heavy atom. The largest absolute Gasteiger partial charge is 0.334 e. The summed E-state index contributed by atoms with van der Waals surface area (Å²) in [6, 6.07) is 5.94. The van der Waals surface area contributed by atoms with Crippen LogP contribution in [0.5, 0.6) is 0 Å². The minimum absolute atomic E-state index is 0.0537. The van der Waals surface area contributed by atoms with Gasteiger partial charge in [-0.25, -0.2) is 4.79 Å². The van der Waals surface area contributed by atoms with Gasteiger partial charge in [0.25, 0.3) is 0 Å². The van der Waals surface area contributed by atoms with Gasteiger partial charge < -0.3 is 0 Å². The first-order valence-corrected chi connectivity index (χ1v) is 5.72. The van der Waals surface area contributed by atoms with Crippen molar-refractivity contribution in [3.63, 3.8) is 0 Å². The van der Waals surface area contributed by atoms with E-state index in [1.54, 1.807) is 11.5 Å². The lowest BCUT2D eigenvalue weighted by Gasteiger charge is -2.04. The van der Waals surface area contributed by atoms with Gasteiger partial charge in [0.15, 0.2) is 0 Å². The Morgan fingerprint density at radius 2 is 1.89 bits per heavy atom. The summed E-state index contributed by atoms with van der Waals surface area (Å²) in [6.45, 7) is 9.66. The van der Waals surface area contributed by atoms with Crippen LogP contribution in [0.25, 0.3) is 16.7 Å². The van der Waals surface area contributed by atoms with Crippen LogP contribution >= 0.6 is 0 Å². The third-order valence-corrected chi connectivity index (χ3v) is 3.16. The molecule has 18 heavy (non-hydrogen) atoms. The van der Waals surface area contributed by atoms with Crippen LogP contribution in [-0.2, 0) is 6.54 Å². The molecule has 1 aromatic carbocycles. The van der Waals surface area contributed by atoms with E-state index in [1.165, 1.54) is 4.57 Å². The van der Waals surface area contributed by atoms with Crippen molar-refractivity contribution in [2.24, 2.45) is 0 Å². The van der Waals surface area contributed by atoms with Crippen molar-refractivity contribution in [1.82, 2.24) is 9.13 Å². The van der Waals surface area contributed by atoms with Crippen LogP contribution in [0.2, 0.25) is 0 Å². The van der Waals surface area contributed by atoms with Crippen LogP contribution < -0.4 is 5.69 Å². The van der Waals surface area contributed by atoms with Gasteiger partial charge in [0.05, 0.1) is 17.1 Å². The molecule has 0 saturated carbocycles. The molecule has 0 saturated heterocycles. The lowest BCUT2D eigenvalue weighted by Crippen LogP contribution is -2.22. The Bertz CT molecular complexity index is 741. The summed E-state index contributed by atoms with van der Waals surface area (Å²) < 4.78 is 3.04. The van der Waals surface area contributed by atoms with Crippen molar-refractivity contribution in [2.45, 2.75) is 27.3 Å². The number of allylic oxidation sites excluding steroid dienone is 1. The molecule has 0 radical (unpaired) electrons. The first-order valence-electron chi connectivity index (χ1n) is 5.72. The number of fused-ring (bicyclic) bond motifs is 1. The maximum Gasteiger partial charge on any atom is 0.334 e. The zero-order valence-corrected chi connectivity index (χ0v) is 10.8. The summed E-state index contributed by atoms with van der Waals surface area (Å²) in [5.41, 5.74) is 4.27. The van der Waals surface area contributed by atoms with Gasteiger partial charge in [0.1, 0.15) is 6.54 Å². The van der Waals surface area contributed by atoms with Crippen LogP contribution in [0.3, 0.4) is 0 Å². The number of hydrogen-bond donors (Lipinski definition) is 0. The molecule has 0 fully saturated rings. The third kappa shape index (κ3) is 1.65. The summed E-state index contributed by atoms with van der Waals surface area (Å²) in [4.78, 5) is 12.3. The average Bonchev–Trinajstić information content (AvgIpc) is 2.54. The van der Waals surface area contributed by atoms with Crippen LogP contribution in [0.1, 0.15) is 18.1 Å². The highest BCUT2D eigenvalue weighted by Crippen LogP contribution is 2.20. The second-order valence-corrected chi connectivity index (χ2v) is 4.52. The van der Waals surface area contributed by atoms with Crippen LogP contribution in [0.4, 0.5) is 0 Å². The van der Waals surface area contributed by atoms with Crippen LogP contribution in [0.15, 0.2) is 23.5 Å². The van der Waals surface area contributed by atoms with E-state index >= 15 is 0 Å². The van der Waals surface area contributed by atoms with Crippen molar-refractivity contribution >= 4 is 16.7 Å². The van der Waals surface area contributed by atoms with Crippen LogP contribution in [-0.4, -0.2) is 9.13 Å². The number of rotatable bonds is 2. The molecule has 92 valence electrons. The molecular formula is C14H15N3O. The Balaban J connectivity index is 2.98. The molecule has 0 bridgehead atoms. The molecule has 4 heteroatoms. The fourth-order valence-corrected chi connectivity index (χ4v) is 2.10. The number of benzene rings is 1. The maximum absolute atomic E-state index is 12.3. The fraction of sp³-hybridized carbons (Fsp3) is 0.286. The Hall–Kier alpha value is -2.28. The lowest BCUT2D eigenvalue weighted by molar-refractivity contribution is 0.792. The molecule has 0 aliphatic carbocycles. The number of nitrogens with zero attached hydrogens (tertiary/aromatic N) is 3. The van der Waals surface area contributed by atoms with Gasteiger partial charge in [-0.1, -0.05) is 6.58 Å². The van der Waals surface area contributed by atoms with Gasteiger partial charge in [-0.2, -0.15) is 5.26 Å². The Morgan fingerprint density at radius 1 is 1.33 bits per heavy atom. The second-order valence-electron chi connectivity index (χ2n) is 4.52. The van der Waals surface area contributed by atoms with E-state index in [-0.39, 0.29) is 12.2 Å². The Labute approximate surface area is 105 Å². The van der Waals surface area contributed by atoms with E-state index in [2.05, 4.69) is 6.58 Å². The zero-order chi connectivity index (χ0) is 13.4. The van der Waals surface area contributed by atoms with Gasteiger partial charge in [0.2, 0.25) is 0 Å². The number of imidazole rings is 1. The summed E-state index contributed by atoms with van der Waals surface area (Å²) in [5, 5.41) is 8.83. The molecular weight excluding hydrogens is 226 g/mol. The SMILES string of the molecule is C=C(C)n1c(=O)n(CC#N)c2cc(C)c(C)cc21. The molecule has 2 rings (SSSR count). The van der Waals surface area contributed by atoms with Crippen LogP contribution in [0, 0.1) is 25.2 Å². The van der Waals surface area contributed by atoms with E-state index in [0.717, 1.165) is 22.2 Å². The van der Waals surface area contributed by atoms with E-state index in [9.17, 15) is 4.79 Å². The molecule has 2 aromatic rings. The van der Waals surface area contributed by atoms with Crippen molar-refractivity contribution in [1.29, 1.82) is 5.26 Å². The summed E-state index contributed by atoms with van der Waals surface area (Å²) in [5.74, 6) is 0. The van der Waals surface area contributed by atoms with Crippen molar-refractivity contribution < 1.29 is 0 Å². The Kier molecular flexibility index (Phi) is 2.84. The van der Waals surface area contributed by atoms with Gasteiger partial charge in [-0.05, 0) is 44.0 Å². The molecule has 0 spiro atoms. The predicted molar refractivity (Wildman–Crippen MR) is 72.3 cm³/mol. The normalized spacial score (nSPS) is 10.6. The number of aryl methyl sites for hydroxylation is 2. The molecule has 0 amide bonds. The number of nitriles is 1. The molecule has 4 nitrogen and oxygen atoms in total. The molecule has 0 N–H and O–H groups in total. The smallest absolute Gasteiger partial charge is 0.278 e. The van der Waals surface area contributed by atoms with E-state index in [4.69, 9.17) is 5.26 Å². The van der Waals surface area contributed by atoms with Gasteiger partial charge in [-0.3, -0.25) is 9.13 Å². The molecule has 1 heterocycles. The standard InChI is InChI=1S/C14H15N3O/c1-9(2)17-13-8-11(4)10(3)7-12(13)16(6-5-15)14(17)18/h7-8H,1,6H2,2-4H3. The highest BCUT2D eigenvalue weighted by molar-refractivity contribution is 5.81. The van der Waals surface area contributed by atoms with Crippen molar-refractivity contribution in [3.8, 4) is 6.07 Å². The summed E-state index contributed by atoms with van der Waals surface area (Å²) in [7, 11) is 0. The lowest BCUT2D eigenvalue weighted by atomic mass is 10.1. The van der Waals surface area contributed by atoms with Crippen molar-refractivity contribution in [2.75, 3.05) is 0 Å². The van der Waals surface area contributed by atoms with Gasteiger partial charge in [-0.15, -0.1) is 0 Å². The van der Waals surface area contributed by atoms with Gasteiger partial charge in [0, 0.05) is 5.70 Å².